The summed E-state index contributed by atoms with van der Waals surface area (Å²) in [4.78, 5) is 20.3. The lowest BCUT2D eigenvalue weighted by atomic mass is 10.1. The van der Waals surface area contributed by atoms with Crippen molar-refractivity contribution in [3.05, 3.63) is 66.1 Å². The van der Waals surface area contributed by atoms with Gasteiger partial charge < -0.3 is 0 Å². The van der Waals surface area contributed by atoms with Crippen LogP contribution in [0.1, 0.15) is 16.1 Å². The molecule has 0 bridgehead atoms. The summed E-state index contributed by atoms with van der Waals surface area (Å²) in [5.74, 6) is -0.225. The van der Waals surface area contributed by atoms with Crippen LogP contribution < -0.4 is 5.32 Å². The number of hydrogen-bond acceptors (Lipinski definition) is 5. The minimum atomic E-state index is -0.372. The average molecular weight is 291 g/mol. The molecule has 0 aliphatic rings. The lowest BCUT2D eigenvalue weighted by molar-refractivity contribution is 0.102. The molecule has 3 rings (SSSR count). The van der Waals surface area contributed by atoms with E-state index in [4.69, 9.17) is 0 Å². The number of carbonyl (C=O) groups is 1. The molecule has 22 heavy (non-hydrogen) atoms. The molecule has 1 aromatic carbocycles. The van der Waals surface area contributed by atoms with Crippen LogP contribution >= 0.6 is 0 Å². The number of aryl methyl sites for hydroxylation is 1. The smallest absolute Gasteiger partial charge is 0.276 e. The van der Waals surface area contributed by atoms with Crippen molar-refractivity contribution in [2.45, 2.75) is 6.92 Å². The predicted octanol–water partition coefficient (Wildman–Crippen LogP) is 2.49. The van der Waals surface area contributed by atoms with Gasteiger partial charge in [0.25, 0.3) is 5.91 Å². The molecule has 0 fully saturated rings. The van der Waals surface area contributed by atoms with Gasteiger partial charge in [-0.15, -0.1) is 5.10 Å². The number of pyridine rings is 1. The predicted molar refractivity (Wildman–Crippen MR) is 82.2 cm³/mol. The summed E-state index contributed by atoms with van der Waals surface area (Å²) in [6.45, 7) is 2.01. The topological polar surface area (TPSA) is 80.7 Å². The molecule has 0 aliphatic carbocycles. The largest absolute Gasteiger partial charge is 0.288 e. The van der Waals surface area contributed by atoms with Gasteiger partial charge in [0.2, 0.25) is 5.95 Å². The molecule has 1 N–H and O–H groups in total. The number of rotatable bonds is 3. The highest BCUT2D eigenvalue weighted by Crippen LogP contribution is 2.17. The maximum atomic E-state index is 12.0. The summed E-state index contributed by atoms with van der Waals surface area (Å²) < 4.78 is 0. The van der Waals surface area contributed by atoms with Gasteiger partial charge >= 0.3 is 0 Å². The second-order valence-corrected chi connectivity index (χ2v) is 4.70. The molecular formula is C16H13N5O. The number of nitrogens with zero attached hydrogens (tertiary/aromatic N) is 4. The van der Waals surface area contributed by atoms with Crippen LogP contribution in [0, 0.1) is 6.92 Å². The molecule has 0 radical (unpaired) electrons. The van der Waals surface area contributed by atoms with Gasteiger partial charge in [0.1, 0.15) is 5.69 Å². The van der Waals surface area contributed by atoms with Crippen molar-refractivity contribution in [2.75, 3.05) is 5.32 Å². The van der Waals surface area contributed by atoms with Crippen LogP contribution in [0.2, 0.25) is 0 Å². The monoisotopic (exact) mass is 291 g/mol. The van der Waals surface area contributed by atoms with Crippen molar-refractivity contribution in [1.82, 2.24) is 20.2 Å². The van der Waals surface area contributed by atoms with Gasteiger partial charge in [-0.2, -0.15) is 5.10 Å². The van der Waals surface area contributed by atoms with Gasteiger partial charge in [0, 0.05) is 11.8 Å². The molecule has 6 nitrogen and oxygen atoms in total. The fourth-order valence-corrected chi connectivity index (χ4v) is 1.88. The van der Waals surface area contributed by atoms with Gasteiger partial charge in [-0.05, 0) is 19.1 Å². The van der Waals surface area contributed by atoms with Crippen LogP contribution in [0.25, 0.3) is 11.3 Å². The van der Waals surface area contributed by atoms with E-state index >= 15 is 0 Å². The first kappa shape index (κ1) is 13.8. The van der Waals surface area contributed by atoms with Crippen LogP contribution in [-0.2, 0) is 0 Å². The molecule has 1 amide bonds. The van der Waals surface area contributed by atoms with E-state index in [-0.39, 0.29) is 11.9 Å². The molecule has 3 aromatic rings. The van der Waals surface area contributed by atoms with E-state index in [2.05, 4.69) is 25.5 Å². The summed E-state index contributed by atoms with van der Waals surface area (Å²) >= 11 is 0. The SMILES string of the molecule is Cc1ccc(-c2cnnc(NC(=O)c3ccccn3)n2)cc1. The summed E-state index contributed by atoms with van der Waals surface area (Å²) in [5.41, 5.74) is 3.02. The van der Waals surface area contributed by atoms with Gasteiger partial charge in [-0.3, -0.25) is 15.1 Å². The van der Waals surface area contributed by atoms with Crippen LogP contribution in [0.3, 0.4) is 0 Å². The Morgan fingerprint density at radius 1 is 1.09 bits per heavy atom. The maximum absolute atomic E-state index is 12.0. The number of nitrogens with one attached hydrogen (secondary N) is 1. The Bertz CT molecular complexity index is 787. The van der Waals surface area contributed by atoms with E-state index in [0.717, 1.165) is 11.1 Å². The third kappa shape index (κ3) is 3.12. The first-order chi connectivity index (χ1) is 10.7. The molecule has 0 aliphatic heterocycles. The highest BCUT2D eigenvalue weighted by Gasteiger charge is 2.10. The van der Waals surface area contributed by atoms with Crippen LogP contribution in [0.15, 0.2) is 54.9 Å². The lowest BCUT2D eigenvalue weighted by Gasteiger charge is -2.05. The van der Waals surface area contributed by atoms with Crippen molar-refractivity contribution in [3.8, 4) is 11.3 Å². The quantitative estimate of drug-likeness (QED) is 0.802. The molecule has 6 heteroatoms. The van der Waals surface area contributed by atoms with Gasteiger partial charge in [-0.1, -0.05) is 35.9 Å². The van der Waals surface area contributed by atoms with Crippen LogP contribution in [0.5, 0.6) is 0 Å². The van der Waals surface area contributed by atoms with Gasteiger partial charge in [-0.25, -0.2) is 4.98 Å². The zero-order chi connectivity index (χ0) is 15.4. The number of anilines is 1. The van der Waals surface area contributed by atoms with E-state index in [1.807, 2.05) is 31.2 Å². The summed E-state index contributed by atoms with van der Waals surface area (Å²) in [5, 5.41) is 10.3. The van der Waals surface area contributed by atoms with E-state index in [9.17, 15) is 4.79 Å². The van der Waals surface area contributed by atoms with Crippen molar-refractivity contribution in [1.29, 1.82) is 0 Å². The zero-order valence-corrected chi connectivity index (χ0v) is 11.9. The third-order valence-corrected chi connectivity index (χ3v) is 3.03. The number of amides is 1. The summed E-state index contributed by atoms with van der Waals surface area (Å²) in [7, 11) is 0. The Labute approximate surface area is 127 Å². The van der Waals surface area contributed by atoms with Crippen LogP contribution in [0.4, 0.5) is 5.95 Å². The van der Waals surface area contributed by atoms with E-state index in [1.165, 1.54) is 0 Å². The standard InChI is InChI=1S/C16H13N5O/c1-11-5-7-12(8-6-11)14-10-18-21-16(19-14)20-15(22)13-4-2-3-9-17-13/h2-10H,1H3,(H,19,20,21,22). The van der Waals surface area contributed by atoms with Crippen molar-refractivity contribution < 1.29 is 4.79 Å². The fourth-order valence-electron chi connectivity index (χ4n) is 1.88. The molecule has 2 aromatic heterocycles. The Hall–Kier alpha value is -3.15. The average Bonchev–Trinajstić information content (AvgIpc) is 2.56. The minimum Gasteiger partial charge on any atom is -0.288 e. The number of aromatic nitrogens is 4. The molecule has 0 unspecified atom stereocenters. The molecule has 108 valence electrons. The van der Waals surface area contributed by atoms with E-state index in [1.54, 1.807) is 30.6 Å². The number of hydrogen-bond donors (Lipinski definition) is 1. The van der Waals surface area contributed by atoms with E-state index in [0.29, 0.717) is 11.4 Å². The Morgan fingerprint density at radius 3 is 2.64 bits per heavy atom. The zero-order valence-electron chi connectivity index (χ0n) is 11.9. The van der Waals surface area contributed by atoms with Crippen molar-refractivity contribution >= 4 is 11.9 Å². The molecule has 0 spiro atoms. The summed E-state index contributed by atoms with van der Waals surface area (Å²) in [6, 6.07) is 13.0. The summed E-state index contributed by atoms with van der Waals surface area (Å²) in [6.07, 6.45) is 3.11. The Kier molecular flexibility index (Phi) is 3.82. The van der Waals surface area contributed by atoms with E-state index < -0.39 is 0 Å². The highest BCUT2D eigenvalue weighted by atomic mass is 16.2. The van der Waals surface area contributed by atoms with Crippen molar-refractivity contribution in [3.63, 3.8) is 0 Å². The Morgan fingerprint density at radius 2 is 1.91 bits per heavy atom. The Balaban J connectivity index is 1.82. The highest BCUT2D eigenvalue weighted by molar-refractivity contribution is 6.01. The lowest BCUT2D eigenvalue weighted by Crippen LogP contribution is -2.16. The maximum Gasteiger partial charge on any atom is 0.276 e. The molecular weight excluding hydrogens is 278 g/mol. The fraction of sp³-hybridized carbons (Fsp3) is 0.0625. The molecule has 0 saturated heterocycles. The second kappa shape index (κ2) is 6.09. The molecule has 0 saturated carbocycles. The van der Waals surface area contributed by atoms with Crippen LogP contribution in [-0.4, -0.2) is 26.1 Å². The second-order valence-electron chi connectivity index (χ2n) is 4.70. The molecule has 2 heterocycles. The molecule has 0 atom stereocenters. The van der Waals surface area contributed by atoms with Gasteiger partial charge in [0.15, 0.2) is 0 Å². The van der Waals surface area contributed by atoms with Gasteiger partial charge in [0.05, 0.1) is 11.9 Å². The normalized spacial score (nSPS) is 10.2. The third-order valence-electron chi connectivity index (χ3n) is 3.03. The minimum absolute atomic E-state index is 0.147. The first-order valence-electron chi connectivity index (χ1n) is 6.71. The number of benzene rings is 1. The van der Waals surface area contributed by atoms with Crippen molar-refractivity contribution in [2.24, 2.45) is 0 Å². The number of carbonyl (C=O) groups excluding carboxylic acids is 1. The first-order valence-corrected chi connectivity index (χ1v) is 6.71.